The van der Waals surface area contributed by atoms with Crippen LogP contribution in [0.25, 0.3) is 0 Å². The number of methoxy groups -OCH3 is 2. The van der Waals surface area contributed by atoms with E-state index in [1.165, 1.54) is 26.6 Å². The van der Waals surface area contributed by atoms with Gasteiger partial charge in [0.05, 0.1) is 35.6 Å². The molecule has 206 valence electrons. The molecular weight excluding hydrogens is 624 g/mol. The van der Waals surface area contributed by atoms with Crippen LogP contribution in [0.5, 0.6) is 23.0 Å². The van der Waals surface area contributed by atoms with Crippen molar-refractivity contribution in [2.45, 2.75) is 51.4 Å². The third-order valence-electron chi connectivity index (χ3n) is 5.40. The van der Waals surface area contributed by atoms with Crippen molar-refractivity contribution < 1.29 is 29.3 Å². The van der Waals surface area contributed by atoms with E-state index >= 15 is 0 Å². The first-order valence-corrected chi connectivity index (χ1v) is 13.6. The van der Waals surface area contributed by atoms with E-state index < -0.39 is 0 Å². The Kier molecular flexibility index (Phi) is 13.6. The van der Waals surface area contributed by atoms with Crippen LogP contribution in [0.1, 0.15) is 62.5 Å². The summed E-state index contributed by atoms with van der Waals surface area (Å²) in [5.41, 5.74) is 6.33. The molecule has 0 bridgehead atoms. The van der Waals surface area contributed by atoms with E-state index in [-0.39, 0.29) is 23.3 Å². The topological polar surface area (TPSA) is 142 Å². The summed E-state index contributed by atoms with van der Waals surface area (Å²) in [6, 6.07) is 6.56. The highest BCUT2D eigenvalue weighted by atomic mass is 79.9. The van der Waals surface area contributed by atoms with Crippen molar-refractivity contribution in [3.63, 3.8) is 0 Å². The molecule has 2 aromatic carbocycles. The number of benzene rings is 2. The van der Waals surface area contributed by atoms with E-state index in [2.05, 4.69) is 52.9 Å². The Labute approximate surface area is 238 Å². The van der Waals surface area contributed by atoms with Gasteiger partial charge in [0.15, 0.2) is 23.0 Å². The van der Waals surface area contributed by atoms with Crippen LogP contribution < -0.4 is 20.3 Å². The first-order valence-electron chi connectivity index (χ1n) is 12.0. The molecule has 2 rings (SSSR count). The maximum atomic E-state index is 12.0. The maximum Gasteiger partial charge on any atom is 0.240 e. The fourth-order valence-electron chi connectivity index (χ4n) is 3.40. The van der Waals surface area contributed by atoms with Gasteiger partial charge in [-0.25, -0.2) is 10.9 Å². The van der Waals surface area contributed by atoms with Gasteiger partial charge in [-0.2, -0.15) is 10.2 Å². The molecule has 0 unspecified atom stereocenters. The Balaban J connectivity index is 1.54. The van der Waals surface area contributed by atoms with Gasteiger partial charge in [0, 0.05) is 12.8 Å². The highest BCUT2D eigenvalue weighted by molar-refractivity contribution is 9.11. The SMILES string of the molecule is COc1cc(/C=N/NC(=O)CCCCCCCCC(=O)N/N=C/c2cc(Br)c(O)c(OC)c2)cc(Br)c1O. The largest absolute Gasteiger partial charge is 0.503 e. The summed E-state index contributed by atoms with van der Waals surface area (Å²) in [5.74, 6) is 0.290. The molecule has 38 heavy (non-hydrogen) atoms. The van der Waals surface area contributed by atoms with Crippen LogP contribution in [0.4, 0.5) is 0 Å². The van der Waals surface area contributed by atoms with Crippen molar-refractivity contribution in [3.05, 3.63) is 44.3 Å². The van der Waals surface area contributed by atoms with E-state index in [1.54, 1.807) is 24.3 Å². The third-order valence-corrected chi connectivity index (χ3v) is 6.61. The van der Waals surface area contributed by atoms with Crippen LogP contribution in [0.2, 0.25) is 0 Å². The lowest BCUT2D eigenvalue weighted by Gasteiger charge is -2.06. The monoisotopic (exact) mass is 654 g/mol. The number of unbranched alkanes of at least 4 members (excludes halogenated alkanes) is 5. The fourth-order valence-corrected chi connectivity index (χ4v) is 4.31. The van der Waals surface area contributed by atoms with Crippen molar-refractivity contribution in [1.82, 2.24) is 10.9 Å². The Morgan fingerprint density at radius 1 is 0.737 bits per heavy atom. The Hall–Kier alpha value is -3.12. The lowest BCUT2D eigenvalue weighted by atomic mass is 10.1. The smallest absolute Gasteiger partial charge is 0.240 e. The zero-order valence-corrected chi connectivity index (χ0v) is 24.5. The summed E-state index contributed by atoms with van der Waals surface area (Å²) < 4.78 is 11.1. The van der Waals surface area contributed by atoms with E-state index in [0.717, 1.165) is 38.5 Å². The normalized spacial score (nSPS) is 11.2. The van der Waals surface area contributed by atoms with Crippen molar-refractivity contribution in [2.24, 2.45) is 10.2 Å². The van der Waals surface area contributed by atoms with Gasteiger partial charge in [0.25, 0.3) is 0 Å². The predicted octanol–water partition coefficient (Wildman–Crippen LogP) is 5.36. The molecule has 0 radical (unpaired) electrons. The second-order valence-corrected chi connectivity index (χ2v) is 10.0. The number of hydrogen-bond acceptors (Lipinski definition) is 8. The summed E-state index contributed by atoms with van der Waals surface area (Å²) in [4.78, 5) is 23.9. The van der Waals surface area contributed by atoms with Crippen molar-refractivity contribution in [1.29, 1.82) is 0 Å². The van der Waals surface area contributed by atoms with Gasteiger partial charge in [0.2, 0.25) is 11.8 Å². The summed E-state index contributed by atoms with van der Waals surface area (Å²) in [7, 11) is 2.91. The molecule has 12 heteroatoms. The number of phenolic OH excluding ortho intramolecular Hbond substituents is 2. The minimum absolute atomic E-state index is 0.00315. The van der Waals surface area contributed by atoms with Gasteiger partial charge in [-0.15, -0.1) is 0 Å². The van der Waals surface area contributed by atoms with Gasteiger partial charge < -0.3 is 19.7 Å². The molecule has 0 aliphatic heterocycles. The number of hydrogen-bond donors (Lipinski definition) is 4. The molecule has 0 saturated carbocycles. The lowest BCUT2D eigenvalue weighted by molar-refractivity contribution is -0.122. The number of halogens is 2. The van der Waals surface area contributed by atoms with Crippen molar-refractivity contribution in [3.8, 4) is 23.0 Å². The lowest BCUT2D eigenvalue weighted by Crippen LogP contribution is -2.17. The van der Waals surface area contributed by atoms with Crippen LogP contribution in [-0.4, -0.2) is 48.7 Å². The zero-order valence-electron chi connectivity index (χ0n) is 21.3. The predicted molar refractivity (Wildman–Crippen MR) is 153 cm³/mol. The number of ether oxygens (including phenoxy) is 2. The number of aromatic hydroxyl groups is 2. The molecule has 4 N–H and O–H groups in total. The Morgan fingerprint density at radius 3 is 1.47 bits per heavy atom. The van der Waals surface area contributed by atoms with Gasteiger partial charge in [-0.3, -0.25) is 9.59 Å². The average molecular weight is 656 g/mol. The van der Waals surface area contributed by atoms with Gasteiger partial charge in [-0.05, 0) is 80.1 Å². The molecule has 0 spiro atoms. The van der Waals surface area contributed by atoms with E-state index in [1.807, 2.05) is 0 Å². The molecule has 0 fully saturated rings. The van der Waals surface area contributed by atoms with Crippen LogP contribution in [0.15, 0.2) is 43.4 Å². The van der Waals surface area contributed by atoms with Gasteiger partial charge in [0.1, 0.15) is 0 Å². The molecule has 0 aliphatic carbocycles. The van der Waals surface area contributed by atoms with Gasteiger partial charge >= 0.3 is 0 Å². The molecule has 10 nitrogen and oxygen atoms in total. The highest BCUT2D eigenvalue weighted by Crippen LogP contribution is 2.35. The summed E-state index contributed by atoms with van der Waals surface area (Å²) >= 11 is 6.48. The minimum atomic E-state index is -0.165. The highest BCUT2D eigenvalue weighted by Gasteiger charge is 2.09. The number of nitrogens with zero attached hydrogens (tertiary/aromatic N) is 2. The summed E-state index contributed by atoms with van der Waals surface area (Å²) in [6.45, 7) is 0. The molecule has 0 saturated heterocycles. The number of carbonyl (C=O) groups is 2. The van der Waals surface area contributed by atoms with E-state index in [0.29, 0.717) is 44.4 Å². The third kappa shape index (κ3) is 10.7. The number of rotatable bonds is 15. The van der Waals surface area contributed by atoms with Crippen molar-refractivity contribution >= 4 is 56.1 Å². The molecule has 0 aliphatic rings. The molecule has 2 amide bonds. The molecule has 0 heterocycles. The Morgan fingerprint density at radius 2 is 1.11 bits per heavy atom. The van der Waals surface area contributed by atoms with Crippen molar-refractivity contribution in [2.75, 3.05) is 14.2 Å². The minimum Gasteiger partial charge on any atom is -0.503 e. The molecule has 0 aromatic heterocycles. The van der Waals surface area contributed by atoms with Crippen LogP contribution in [0, 0.1) is 0 Å². The maximum absolute atomic E-state index is 12.0. The Bertz CT molecular complexity index is 1070. The zero-order chi connectivity index (χ0) is 27.9. The second kappa shape index (κ2) is 16.7. The van der Waals surface area contributed by atoms with E-state index in [9.17, 15) is 19.8 Å². The summed E-state index contributed by atoms with van der Waals surface area (Å²) in [6.07, 6.45) is 9.03. The summed E-state index contributed by atoms with van der Waals surface area (Å²) in [5, 5.41) is 27.5. The number of nitrogens with one attached hydrogen (secondary N) is 2. The number of carbonyl (C=O) groups excluding carboxylic acids is 2. The van der Waals surface area contributed by atoms with Crippen LogP contribution in [0.3, 0.4) is 0 Å². The fraction of sp³-hybridized carbons (Fsp3) is 0.385. The first kappa shape index (κ1) is 31.1. The second-order valence-electron chi connectivity index (χ2n) is 8.31. The molecule has 2 aromatic rings. The first-order chi connectivity index (χ1) is 18.2. The van der Waals surface area contributed by atoms with Crippen LogP contribution in [-0.2, 0) is 9.59 Å². The standard InChI is InChI=1S/C26H32Br2N4O6/c1-37-21-13-17(11-19(27)25(21)35)15-29-31-23(33)9-7-5-3-4-6-8-10-24(34)32-30-16-18-12-20(28)26(36)22(14-18)38-2/h11-16,35-36H,3-10H2,1-2H3,(H,31,33)(H,32,34)/b29-15+,30-16+. The van der Waals surface area contributed by atoms with Gasteiger partial charge in [-0.1, -0.05) is 25.7 Å². The van der Waals surface area contributed by atoms with E-state index in [4.69, 9.17) is 9.47 Å². The molecule has 0 atom stereocenters. The number of hydrazone groups is 2. The van der Waals surface area contributed by atoms with Crippen LogP contribution >= 0.6 is 31.9 Å². The number of amides is 2. The molecular formula is C26H32Br2N4O6. The average Bonchev–Trinajstić information content (AvgIpc) is 2.89. The quantitative estimate of drug-likeness (QED) is 0.116. The number of phenols is 2.